The lowest BCUT2D eigenvalue weighted by Gasteiger charge is -2.12. The van der Waals surface area contributed by atoms with Gasteiger partial charge in [0.1, 0.15) is 15.5 Å². The van der Waals surface area contributed by atoms with Crippen LogP contribution in [0.3, 0.4) is 0 Å². The lowest BCUT2D eigenvalue weighted by molar-refractivity contribution is -0.153. The summed E-state index contributed by atoms with van der Waals surface area (Å²) < 4.78 is 8.72. The highest BCUT2D eigenvalue weighted by atomic mass is 35.5. The first-order valence-electron chi connectivity index (χ1n) is 6.73. The van der Waals surface area contributed by atoms with Crippen molar-refractivity contribution in [2.75, 3.05) is 13.7 Å². The van der Waals surface area contributed by atoms with Gasteiger partial charge in [0, 0.05) is 6.42 Å². The Kier molecular flexibility index (Phi) is 4.87. The van der Waals surface area contributed by atoms with Crippen LogP contribution in [-0.4, -0.2) is 35.8 Å². The quantitative estimate of drug-likeness (QED) is 0.642. The second kappa shape index (κ2) is 6.37. The molecule has 1 aliphatic rings. The number of imide groups is 1. The van der Waals surface area contributed by atoms with Crippen molar-refractivity contribution < 1.29 is 23.9 Å². The zero-order valence-electron chi connectivity index (χ0n) is 12.5. The van der Waals surface area contributed by atoms with Gasteiger partial charge in [-0.15, -0.1) is 23.2 Å². The molecule has 0 heterocycles. The third-order valence-electron chi connectivity index (χ3n) is 3.65. The highest BCUT2D eigenvalue weighted by Crippen LogP contribution is 2.64. The summed E-state index contributed by atoms with van der Waals surface area (Å²) in [6, 6.07) is 6.43. The summed E-state index contributed by atoms with van der Waals surface area (Å²) in [4.78, 5) is 35.5. The van der Waals surface area contributed by atoms with Gasteiger partial charge in [-0.25, -0.2) is 0 Å². The van der Waals surface area contributed by atoms with Crippen molar-refractivity contribution in [1.29, 1.82) is 0 Å². The normalized spacial score (nSPS) is 21.2. The molecule has 124 valence electrons. The Labute approximate surface area is 143 Å². The minimum absolute atomic E-state index is 0.198. The average Bonchev–Trinajstić information content (AvgIpc) is 3.04. The van der Waals surface area contributed by atoms with Gasteiger partial charge in [0.2, 0.25) is 0 Å². The summed E-state index contributed by atoms with van der Waals surface area (Å²) in [6.45, 7) is 0.951. The lowest BCUT2D eigenvalue weighted by Crippen LogP contribution is -2.35. The fraction of sp³-hybridized carbons (Fsp3) is 0.400. The van der Waals surface area contributed by atoms with Gasteiger partial charge in [-0.1, -0.05) is 12.1 Å². The zero-order valence-corrected chi connectivity index (χ0v) is 14.0. The summed E-state index contributed by atoms with van der Waals surface area (Å²) in [7, 11) is 1.41. The van der Waals surface area contributed by atoms with E-state index in [0.29, 0.717) is 5.75 Å². The molecule has 6 nitrogen and oxygen atoms in total. The van der Waals surface area contributed by atoms with Crippen LogP contribution in [0, 0.1) is 5.41 Å². The second-order valence-corrected chi connectivity index (χ2v) is 6.85. The first-order valence-corrected chi connectivity index (χ1v) is 7.49. The zero-order chi connectivity index (χ0) is 17.3. The maximum Gasteiger partial charge on any atom is 0.315 e. The number of amides is 2. The van der Waals surface area contributed by atoms with Gasteiger partial charge >= 0.3 is 5.97 Å². The maximum atomic E-state index is 12.0. The van der Waals surface area contributed by atoms with E-state index in [4.69, 9.17) is 32.7 Å². The van der Waals surface area contributed by atoms with Crippen molar-refractivity contribution in [3.63, 3.8) is 0 Å². The van der Waals surface area contributed by atoms with Crippen LogP contribution < -0.4 is 10.1 Å². The van der Waals surface area contributed by atoms with Crippen LogP contribution >= 0.6 is 23.2 Å². The minimum atomic E-state index is -1.17. The molecule has 1 aromatic rings. The molecule has 1 aromatic carbocycles. The topological polar surface area (TPSA) is 81.7 Å². The Hall–Kier alpha value is -1.79. The van der Waals surface area contributed by atoms with Crippen LogP contribution in [0.1, 0.15) is 23.7 Å². The van der Waals surface area contributed by atoms with Crippen LogP contribution in [-0.2, 0) is 14.3 Å². The summed E-state index contributed by atoms with van der Waals surface area (Å²) in [6.07, 6.45) is 0.254. The van der Waals surface area contributed by atoms with Gasteiger partial charge in [0.15, 0.2) is 6.61 Å². The standard InChI is InChI=1S/C15H15Cl2NO5/c1-14(8-15(14,16)17)13(21)23-7-11(19)18-12(20)9-5-3-4-6-10(9)22-2/h3-6H,7-8H2,1-2H3,(H,18,19,20)/t14-/m0/s1. The van der Waals surface area contributed by atoms with Crippen molar-refractivity contribution in [2.45, 2.75) is 17.7 Å². The molecule has 23 heavy (non-hydrogen) atoms. The molecule has 1 N–H and O–H groups in total. The molecule has 1 aliphatic carbocycles. The predicted molar refractivity (Wildman–Crippen MR) is 83.6 cm³/mol. The number of esters is 1. The van der Waals surface area contributed by atoms with Gasteiger partial charge in [0.05, 0.1) is 12.7 Å². The number of para-hydroxylation sites is 1. The van der Waals surface area contributed by atoms with Crippen LogP contribution in [0.2, 0.25) is 0 Å². The van der Waals surface area contributed by atoms with Crippen molar-refractivity contribution in [2.24, 2.45) is 5.41 Å². The lowest BCUT2D eigenvalue weighted by atomic mass is 10.1. The summed E-state index contributed by atoms with van der Waals surface area (Å²) in [5.41, 5.74) is -0.826. The molecule has 0 bridgehead atoms. The highest BCUT2D eigenvalue weighted by molar-refractivity contribution is 6.53. The van der Waals surface area contributed by atoms with Crippen molar-refractivity contribution in [3.8, 4) is 5.75 Å². The van der Waals surface area contributed by atoms with E-state index >= 15 is 0 Å². The van der Waals surface area contributed by atoms with Crippen LogP contribution in [0.25, 0.3) is 0 Å². The number of benzene rings is 1. The molecular formula is C15H15Cl2NO5. The maximum absolute atomic E-state index is 12.0. The van der Waals surface area contributed by atoms with E-state index in [1.165, 1.54) is 13.2 Å². The van der Waals surface area contributed by atoms with Crippen molar-refractivity contribution >= 4 is 41.0 Å². The van der Waals surface area contributed by atoms with E-state index in [1.54, 1.807) is 25.1 Å². The fourth-order valence-corrected chi connectivity index (χ4v) is 2.66. The number of ether oxygens (including phenoxy) is 2. The molecule has 2 amide bonds. The third kappa shape index (κ3) is 3.59. The van der Waals surface area contributed by atoms with Crippen LogP contribution in [0.15, 0.2) is 24.3 Å². The monoisotopic (exact) mass is 359 g/mol. The number of carbonyl (C=O) groups excluding carboxylic acids is 3. The largest absolute Gasteiger partial charge is 0.496 e. The molecule has 8 heteroatoms. The van der Waals surface area contributed by atoms with E-state index in [1.807, 2.05) is 0 Å². The van der Waals surface area contributed by atoms with Crippen LogP contribution in [0.4, 0.5) is 0 Å². The Bertz CT molecular complexity index is 661. The van der Waals surface area contributed by atoms with Gasteiger partial charge in [-0.2, -0.15) is 0 Å². The van der Waals surface area contributed by atoms with E-state index in [9.17, 15) is 14.4 Å². The van der Waals surface area contributed by atoms with E-state index in [0.717, 1.165) is 0 Å². The van der Waals surface area contributed by atoms with E-state index < -0.39 is 34.1 Å². The molecule has 0 aromatic heterocycles. The molecule has 0 radical (unpaired) electrons. The SMILES string of the molecule is COc1ccccc1C(=O)NC(=O)COC(=O)[C@]1(C)CC1(Cl)Cl. The Morgan fingerprint density at radius 3 is 2.43 bits per heavy atom. The number of halogens is 2. The molecular weight excluding hydrogens is 345 g/mol. The number of alkyl halides is 2. The number of carbonyl (C=O) groups is 3. The summed E-state index contributed by atoms with van der Waals surface area (Å²) in [5.74, 6) is -1.75. The smallest absolute Gasteiger partial charge is 0.315 e. The van der Waals surface area contributed by atoms with E-state index in [2.05, 4.69) is 5.32 Å². The van der Waals surface area contributed by atoms with E-state index in [-0.39, 0.29) is 12.0 Å². The Morgan fingerprint density at radius 1 is 1.26 bits per heavy atom. The number of nitrogens with one attached hydrogen (secondary N) is 1. The molecule has 1 atom stereocenters. The molecule has 1 saturated carbocycles. The molecule has 0 spiro atoms. The minimum Gasteiger partial charge on any atom is -0.496 e. The van der Waals surface area contributed by atoms with Gasteiger partial charge < -0.3 is 9.47 Å². The fourth-order valence-electron chi connectivity index (χ4n) is 1.97. The van der Waals surface area contributed by atoms with Crippen molar-refractivity contribution in [3.05, 3.63) is 29.8 Å². The average molecular weight is 360 g/mol. The first kappa shape index (κ1) is 17.6. The summed E-state index contributed by atoms with van der Waals surface area (Å²) >= 11 is 11.7. The van der Waals surface area contributed by atoms with Crippen molar-refractivity contribution in [1.82, 2.24) is 5.32 Å². The number of hydrogen-bond donors (Lipinski definition) is 1. The van der Waals surface area contributed by atoms with Gasteiger partial charge in [0.25, 0.3) is 11.8 Å². The first-order chi connectivity index (χ1) is 10.7. The molecule has 1 fully saturated rings. The summed E-state index contributed by atoms with van der Waals surface area (Å²) in [5, 5.41) is 2.12. The second-order valence-electron chi connectivity index (χ2n) is 5.37. The molecule has 0 saturated heterocycles. The molecule has 2 rings (SSSR count). The molecule has 0 unspecified atom stereocenters. The van der Waals surface area contributed by atoms with Crippen LogP contribution in [0.5, 0.6) is 5.75 Å². The predicted octanol–water partition coefficient (Wildman–Crippen LogP) is 2.08. The van der Waals surface area contributed by atoms with Gasteiger partial charge in [-0.05, 0) is 19.1 Å². The Morgan fingerprint density at radius 2 is 1.87 bits per heavy atom. The third-order valence-corrected chi connectivity index (χ3v) is 4.75. The number of rotatable bonds is 5. The number of hydrogen-bond acceptors (Lipinski definition) is 5. The number of methoxy groups -OCH3 is 1. The highest BCUT2D eigenvalue weighted by Gasteiger charge is 2.69. The molecule has 0 aliphatic heterocycles. The van der Waals surface area contributed by atoms with Gasteiger partial charge in [-0.3, -0.25) is 19.7 Å². The Balaban J connectivity index is 1.88.